The monoisotopic (exact) mass is 328 g/mol. The highest BCUT2D eigenvalue weighted by Gasteiger charge is 2.27. The number of fused-ring (bicyclic) bond motifs is 3. The summed E-state index contributed by atoms with van der Waals surface area (Å²) in [4.78, 5) is 3.40. The lowest BCUT2D eigenvalue weighted by Crippen LogP contribution is -2.31. The first-order valence-electron chi connectivity index (χ1n) is 8.13. The SMILES string of the molecule is CCOc1ccc2[nH]c3c(c2c1)CCNC3c1ccc(F)cc1F. The van der Waals surface area contributed by atoms with Crippen LogP contribution in [0.25, 0.3) is 10.9 Å². The Kier molecular flexibility index (Phi) is 3.73. The van der Waals surface area contributed by atoms with Crippen molar-refractivity contribution in [1.29, 1.82) is 0 Å². The van der Waals surface area contributed by atoms with Gasteiger partial charge in [0.2, 0.25) is 0 Å². The average Bonchev–Trinajstić information content (AvgIpc) is 2.94. The van der Waals surface area contributed by atoms with Gasteiger partial charge in [0.05, 0.1) is 12.6 Å². The summed E-state index contributed by atoms with van der Waals surface area (Å²) < 4.78 is 33.0. The van der Waals surface area contributed by atoms with Crippen molar-refractivity contribution in [2.24, 2.45) is 0 Å². The van der Waals surface area contributed by atoms with E-state index in [9.17, 15) is 8.78 Å². The molecule has 4 rings (SSSR count). The van der Waals surface area contributed by atoms with Crippen LogP contribution in [0.5, 0.6) is 5.75 Å². The Balaban J connectivity index is 1.84. The third-order valence-corrected chi connectivity index (χ3v) is 4.51. The molecule has 1 aromatic heterocycles. The second-order valence-electron chi connectivity index (χ2n) is 5.96. The Bertz CT molecular complexity index is 904. The molecule has 0 aliphatic carbocycles. The summed E-state index contributed by atoms with van der Waals surface area (Å²) in [6, 6.07) is 9.36. The molecule has 124 valence electrons. The van der Waals surface area contributed by atoms with Gasteiger partial charge in [-0.05, 0) is 43.2 Å². The maximum Gasteiger partial charge on any atom is 0.131 e. The molecule has 1 aliphatic heterocycles. The van der Waals surface area contributed by atoms with Crippen LogP contribution in [-0.4, -0.2) is 18.1 Å². The van der Waals surface area contributed by atoms with Gasteiger partial charge in [0.1, 0.15) is 17.4 Å². The van der Waals surface area contributed by atoms with Crippen molar-refractivity contribution in [2.45, 2.75) is 19.4 Å². The third kappa shape index (κ3) is 2.45. The second-order valence-corrected chi connectivity index (χ2v) is 5.96. The molecule has 3 nitrogen and oxygen atoms in total. The highest BCUT2D eigenvalue weighted by molar-refractivity contribution is 5.86. The summed E-state index contributed by atoms with van der Waals surface area (Å²) in [5.41, 5.74) is 3.56. The Hall–Kier alpha value is -2.40. The number of aromatic nitrogens is 1. The van der Waals surface area contributed by atoms with Gasteiger partial charge in [-0.2, -0.15) is 0 Å². The van der Waals surface area contributed by atoms with E-state index in [0.29, 0.717) is 12.2 Å². The van der Waals surface area contributed by atoms with Crippen molar-refractivity contribution in [3.8, 4) is 5.75 Å². The first-order chi connectivity index (χ1) is 11.7. The van der Waals surface area contributed by atoms with Crippen molar-refractivity contribution in [2.75, 3.05) is 13.2 Å². The number of benzene rings is 2. The van der Waals surface area contributed by atoms with Crippen LogP contribution in [0.1, 0.15) is 29.8 Å². The van der Waals surface area contributed by atoms with E-state index in [1.807, 2.05) is 25.1 Å². The summed E-state index contributed by atoms with van der Waals surface area (Å²) in [7, 11) is 0. The number of ether oxygens (including phenoxy) is 1. The molecular formula is C19H18F2N2O. The summed E-state index contributed by atoms with van der Waals surface area (Å²) in [6.45, 7) is 3.30. The Morgan fingerprint density at radius 1 is 1.17 bits per heavy atom. The molecule has 0 fully saturated rings. The Morgan fingerprint density at radius 3 is 2.83 bits per heavy atom. The normalized spacial score (nSPS) is 17.0. The molecule has 2 heterocycles. The number of hydrogen-bond donors (Lipinski definition) is 2. The molecule has 2 aromatic carbocycles. The van der Waals surface area contributed by atoms with E-state index < -0.39 is 11.6 Å². The molecule has 0 amide bonds. The van der Waals surface area contributed by atoms with Gasteiger partial charge in [-0.15, -0.1) is 0 Å². The van der Waals surface area contributed by atoms with Crippen LogP contribution in [0.3, 0.4) is 0 Å². The van der Waals surface area contributed by atoms with Gasteiger partial charge in [-0.1, -0.05) is 6.07 Å². The molecule has 5 heteroatoms. The first kappa shape index (κ1) is 15.1. The molecule has 1 unspecified atom stereocenters. The molecule has 24 heavy (non-hydrogen) atoms. The zero-order valence-electron chi connectivity index (χ0n) is 13.3. The number of rotatable bonds is 3. The van der Waals surface area contributed by atoms with E-state index in [4.69, 9.17) is 4.74 Å². The van der Waals surface area contributed by atoms with E-state index in [1.54, 1.807) is 0 Å². The summed E-state index contributed by atoms with van der Waals surface area (Å²) in [5.74, 6) is -0.269. The molecule has 1 aliphatic rings. The van der Waals surface area contributed by atoms with E-state index in [1.165, 1.54) is 17.7 Å². The maximum absolute atomic E-state index is 14.2. The van der Waals surface area contributed by atoms with Gasteiger partial charge in [0.25, 0.3) is 0 Å². The predicted molar refractivity (Wildman–Crippen MR) is 89.4 cm³/mol. The van der Waals surface area contributed by atoms with Gasteiger partial charge in [-0.25, -0.2) is 8.78 Å². The Labute approximate surface area is 138 Å². The van der Waals surface area contributed by atoms with E-state index >= 15 is 0 Å². The fourth-order valence-corrected chi connectivity index (χ4v) is 3.46. The van der Waals surface area contributed by atoms with Crippen LogP contribution in [0.4, 0.5) is 8.78 Å². The van der Waals surface area contributed by atoms with Gasteiger partial charge in [0, 0.05) is 34.8 Å². The van der Waals surface area contributed by atoms with E-state index in [-0.39, 0.29) is 6.04 Å². The second kappa shape index (κ2) is 5.91. The quantitative estimate of drug-likeness (QED) is 0.760. The van der Waals surface area contributed by atoms with Crippen LogP contribution >= 0.6 is 0 Å². The van der Waals surface area contributed by atoms with Crippen LogP contribution in [0.15, 0.2) is 36.4 Å². The topological polar surface area (TPSA) is 37.0 Å². The molecule has 2 N–H and O–H groups in total. The van der Waals surface area contributed by atoms with Gasteiger partial charge < -0.3 is 15.0 Å². The molecule has 0 saturated carbocycles. The highest BCUT2D eigenvalue weighted by Crippen LogP contribution is 2.35. The lowest BCUT2D eigenvalue weighted by molar-refractivity contribution is 0.340. The number of hydrogen-bond acceptors (Lipinski definition) is 2. The average molecular weight is 328 g/mol. The number of H-pyrrole nitrogens is 1. The van der Waals surface area contributed by atoms with Crippen LogP contribution in [-0.2, 0) is 6.42 Å². The minimum atomic E-state index is -0.565. The molecule has 0 radical (unpaired) electrons. The molecule has 0 saturated heterocycles. The molecule has 3 aromatic rings. The van der Waals surface area contributed by atoms with Crippen LogP contribution in [0, 0.1) is 11.6 Å². The summed E-state index contributed by atoms with van der Waals surface area (Å²) >= 11 is 0. The zero-order chi connectivity index (χ0) is 16.7. The minimum Gasteiger partial charge on any atom is -0.494 e. The third-order valence-electron chi connectivity index (χ3n) is 4.51. The summed E-state index contributed by atoms with van der Waals surface area (Å²) in [5, 5.41) is 4.43. The highest BCUT2D eigenvalue weighted by atomic mass is 19.1. The molecule has 1 atom stereocenters. The standard InChI is InChI=1S/C19H18F2N2O/c1-2-24-12-4-6-17-15(10-12)13-7-8-22-18(19(13)23-17)14-5-3-11(20)9-16(14)21/h3-6,9-10,18,22-23H,2,7-8H2,1H3. The van der Waals surface area contributed by atoms with E-state index in [2.05, 4.69) is 10.3 Å². The zero-order valence-corrected chi connectivity index (χ0v) is 13.3. The van der Waals surface area contributed by atoms with Crippen molar-refractivity contribution in [3.63, 3.8) is 0 Å². The fourth-order valence-electron chi connectivity index (χ4n) is 3.46. The first-order valence-corrected chi connectivity index (χ1v) is 8.13. The van der Waals surface area contributed by atoms with E-state index in [0.717, 1.165) is 41.4 Å². The predicted octanol–water partition coefficient (Wildman–Crippen LogP) is 4.08. The van der Waals surface area contributed by atoms with Gasteiger partial charge >= 0.3 is 0 Å². The largest absolute Gasteiger partial charge is 0.494 e. The van der Waals surface area contributed by atoms with Crippen molar-refractivity contribution < 1.29 is 13.5 Å². The number of nitrogens with one attached hydrogen (secondary N) is 2. The smallest absolute Gasteiger partial charge is 0.131 e. The lowest BCUT2D eigenvalue weighted by Gasteiger charge is -2.25. The molecule has 0 spiro atoms. The lowest BCUT2D eigenvalue weighted by atomic mass is 9.94. The number of aromatic amines is 1. The van der Waals surface area contributed by atoms with Crippen molar-refractivity contribution >= 4 is 10.9 Å². The van der Waals surface area contributed by atoms with Gasteiger partial charge in [0.15, 0.2) is 0 Å². The maximum atomic E-state index is 14.2. The molecular weight excluding hydrogens is 310 g/mol. The molecule has 0 bridgehead atoms. The minimum absolute atomic E-state index is 0.308. The fraction of sp³-hybridized carbons (Fsp3) is 0.263. The van der Waals surface area contributed by atoms with Crippen molar-refractivity contribution in [1.82, 2.24) is 10.3 Å². The van der Waals surface area contributed by atoms with Crippen LogP contribution in [0.2, 0.25) is 0 Å². The van der Waals surface area contributed by atoms with Crippen LogP contribution < -0.4 is 10.1 Å². The van der Waals surface area contributed by atoms with Crippen molar-refractivity contribution in [3.05, 3.63) is 64.9 Å². The Morgan fingerprint density at radius 2 is 2.04 bits per heavy atom. The van der Waals surface area contributed by atoms with Gasteiger partial charge in [-0.3, -0.25) is 0 Å². The number of halogens is 2. The summed E-state index contributed by atoms with van der Waals surface area (Å²) in [6.07, 6.45) is 0.851.